The van der Waals surface area contributed by atoms with E-state index in [2.05, 4.69) is 11.9 Å². The van der Waals surface area contributed by atoms with Crippen molar-refractivity contribution in [2.75, 3.05) is 26.7 Å². The Balaban J connectivity index is 2.26. The zero-order valence-electron chi connectivity index (χ0n) is 13.9. The van der Waals surface area contributed by atoms with E-state index in [0.29, 0.717) is 24.9 Å². The van der Waals surface area contributed by atoms with E-state index in [4.69, 9.17) is 0 Å². The van der Waals surface area contributed by atoms with Gasteiger partial charge in [0.25, 0.3) is 5.91 Å². The van der Waals surface area contributed by atoms with Crippen molar-refractivity contribution in [2.24, 2.45) is 5.41 Å². The lowest BCUT2D eigenvalue weighted by Gasteiger charge is -2.40. The number of amides is 1. The molecular formula is C17H24N2O4S. The molecule has 1 aliphatic heterocycles. The molecule has 7 heteroatoms. The highest BCUT2D eigenvalue weighted by Gasteiger charge is 2.39. The molecule has 132 valence electrons. The predicted molar refractivity (Wildman–Crippen MR) is 92.2 cm³/mol. The third-order valence-electron chi connectivity index (χ3n) is 4.52. The van der Waals surface area contributed by atoms with Crippen LogP contribution in [-0.2, 0) is 10.0 Å². The number of carbonyl (C=O) groups excluding carboxylic acids is 1. The third kappa shape index (κ3) is 3.68. The van der Waals surface area contributed by atoms with E-state index in [-0.39, 0.29) is 24.0 Å². The van der Waals surface area contributed by atoms with Crippen molar-refractivity contribution in [1.29, 1.82) is 0 Å². The average Bonchev–Trinajstić information content (AvgIpc) is 2.61. The molecule has 1 aromatic rings. The summed E-state index contributed by atoms with van der Waals surface area (Å²) in [7, 11) is -2.13. The second-order valence-corrected chi connectivity index (χ2v) is 8.13. The number of nitrogens with zero attached hydrogens (tertiary/aromatic N) is 1. The van der Waals surface area contributed by atoms with Gasteiger partial charge in [0.05, 0.1) is 11.5 Å². The van der Waals surface area contributed by atoms with Crippen LogP contribution in [0.4, 0.5) is 0 Å². The van der Waals surface area contributed by atoms with Gasteiger partial charge in [-0.3, -0.25) is 4.79 Å². The monoisotopic (exact) mass is 352 g/mol. The van der Waals surface area contributed by atoms with Crippen molar-refractivity contribution < 1.29 is 18.3 Å². The minimum absolute atomic E-state index is 0.0688. The number of hydrogen-bond donors (Lipinski definition) is 2. The first-order valence-electron chi connectivity index (χ1n) is 7.92. The first-order chi connectivity index (χ1) is 11.4. The maximum atomic E-state index is 12.9. The van der Waals surface area contributed by atoms with E-state index in [0.717, 1.165) is 6.42 Å². The molecule has 0 aliphatic carbocycles. The zero-order chi connectivity index (χ0) is 17.8. The van der Waals surface area contributed by atoms with Crippen LogP contribution in [0.25, 0.3) is 0 Å². The Bertz CT molecular complexity index is 700. The molecule has 1 aliphatic rings. The molecule has 1 heterocycles. The number of allylic oxidation sites excluding steroid dienone is 1. The van der Waals surface area contributed by atoms with E-state index in [9.17, 15) is 18.3 Å². The molecule has 1 saturated heterocycles. The van der Waals surface area contributed by atoms with Gasteiger partial charge in [-0.15, -0.1) is 6.58 Å². The van der Waals surface area contributed by atoms with E-state index < -0.39 is 15.4 Å². The van der Waals surface area contributed by atoms with Crippen molar-refractivity contribution in [3.8, 4) is 0 Å². The highest BCUT2D eigenvalue weighted by Crippen LogP contribution is 2.35. The zero-order valence-corrected chi connectivity index (χ0v) is 14.7. The molecule has 0 spiro atoms. The van der Waals surface area contributed by atoms with E-state index in [1.54, 1.807) is 6.08 Å². The van der Waals surface area contributed by atoms with Crippen LogP contribution in [0, 0.1) is 5.41 Å². The number of hydrogen-bond acceptors (Lipinski definition) is 4. The normalized spacial score (nSPS) is 22.1. The fraction of sp³-hybridized carbons (Fsp3) is 0.471. The van der Waals surface area contributed by atoms with Gasteiger partial charge >= 0.3 is 0 Å². The molecule has 0 bridgehead atoms. The van der Waals surface area contributed by atoms with Crippen molar-refractivity contribution in [3.63, 3.8) is 0 Å². The second kappa shape index (κ2) is 7.46. The highest BCUT2D eigenvalue weighted by molar-refractivity contribution is 7.89. The van der Waals surface area contributed by atoms with E-state index in [1.807, 2.05) is 0 Å². The molecule has 0 saturated carbocycles. The fourth-order valence-corrected chi connectivity index (χ4v) is 4.70. The predicted octanol–water partition coefficient (Wildman–Crippen LogP) is 1.39. The van der Waals surface area contributed by atoms with Crippen LogP contribution in [0.15, 0.2) is 41.8 Å². The molecule has 2 rings (SSSR count). The van der Waals surface area contributed by atoms with Gasteiger partial charge in [-0.05, 0) is 43.5 Å². The lowest BCUT2D eigenvalue weighted by atomic mass is 9.79. The summed E-state index contributed by atoms with van der Waals surface area (Å²) in [6, 6.07) is 5.89. The lowest BCUT2D eigenvalue weighted by Crippen LogP contribution is -2.47. The first kappa shape index (κ1) is 18.6. The van der Waals surface area contributed by atoms with Gasteiger partial charge in [-0.2, -0.15) is 4.31 Å². The Kier molecular flexibility index (Phi) is 5.79. The first-order valence-corrected chi connectivity index (χ1v) is 9.36. The number of sulfonamides is 1. The van der Waals surface area contributed by atoms with Crippen LogP contribution in [0.2, 0.25) is 0 Å². The minimum atomic E-state index is -3.65. The van der Waals surface area contributed by atoms with Crippen LogP contribution in [0.3, 0.4) is 0 Å². The van der Waals surface area contributed by atoms with Crippen molar-refractivity contribution >= 4 is 15.9 Å². The standard InChI is InChI=1S/C17H24N2O4S/c1-3-9-17(13-20)10-4-11-19(12-17)24(22,23)15-7-5-14(6-8-15)16(21)18-2/h3,5-8,20H,1,4,9-13H2,2H3,(H,18,21). The fourth-order valence-electron chi connectivity index (χ4n) is 3.11. The Labute approximate surface area is 143 Å². The molecule has 0 aromatic heterocycles. The summed E-state index contributed by atoms with van der Waals surface area (Å²) < 4.78 is 27.1. The Morgan fingerprint density at radius 3 is 2.62 bits per heavy atom. The van der Waals surface area contributed by atoms with Crippen molar-refractivity contribution in [1.82, 2.24) is 9.62 Å². The molecule has 1 fully saturated rings. The molecule has 1 atom stereocenters. The van der Waals surface area contributed by atoms with Gasteiger partial charge in [0.2, 0.25) is 10.0 Å². The number of aliphatic hydroxyl groups is 1. The summed E-state index contributed by atoms with van der Waals surface area (Å²) in [6.45, 7) is 4.34. The lowest BCUT2D eigenvalue weighted by molar-refractivity contribution is 0.0669. The SMILES string of the molecule is C=CCC1(CO)CCCN(S(=O)(=O)c2ccc(C(=O)NC)cc2)C1. The minimum Gasteiger partial charge on any atom is -0.396 e. The largest absolute Gasteiger partial charge is 0.396 e. The number of rotatable bonds is 6. The topological polar surface area (TPSA) is 86.7 Å². The molecular weight excluding hydrogens is 328 g/mol. The Morgan fingerprint density at radius 2 is 2.08 bits per heavy atom. The van der Waals surface area contributed by atoms with E-state index >= 15 is 0 Å². The van der Waals surface area contributed by atoms with Gasteiger partial charge in [0.15, 0.2) is 0 Å². The smallest absolute Gasteiger partial charge is 0.251 e. The molecule has 1 unspecified atom stereocenters. The van der Waals surface area contributed by atoms with Crippen molar-refractivity contribution in [2.45, 2.75) is 24.2 Å². The number of benzene rings is 1. The van der Waals surface area contributed by atoms with Gasteiger partial charge in [0.1, 0.15) is 0 Å². The highest BCUT2D eigenvalue weighted by atomic mass is 32.2. The summed E-state index contributed by atoms with van der Waals surface area (Å²) in [5.41, 5.74) is -0.0544. The molecule has 6 nitrogen and oxygen atoms in total. The van der Waals surface area contributed by atoms with Gasteiger partial charge in [0, 0.05) is 31.1 Å². The van der Waals surface area contributed by atoms with Gasteiger partial charge < -0.3 is 10.4 Å². The summed E-state index contributed by atoms with van der Waals surface area (Å²) in [5, 5.41) is 12.2. The maximum Gasteiger partial charge on any atom is 0.251 e. The molecule has 0 radical (unpaired) electrons. The molecule has 1 amide bonds. The van der Waals surface area contributed by atoms with Crippen LogP contribution >= 0.6 is 0 Å². The summed E-state index contributed by atoms with van der Waals surface area (Å²) >= 11 is 0. The van der Waals surface area contributed by atoms with E-state index in [1.165, 1.54) is 35.6 Å². The van der Waals surface area contributed by atoms with Gasteiger partial charge in [-0.25, -0.2) is 8.42 Å². The Morgan fingerprint density at radius 1 is 1.42 bits per heavy atom. The quantitative estimate of drug-likeness (QED) is 0.758. The Hall–Kier alpha value is -1.70. The summed E-state index contributed by atoms with van der Waals surface area (Å²) in [6.07, 6.45) is 3.77. The number of aliphatic hydroxyl groups excluding tert-OH is 1. The maximum absolute atomic E-state index is 12.9. The summed E-state index contributed by atoms with van der Waals surface area (Å²) in [4.78, 5) is 11.7. The molecule has 2 N–H and O–H groups in total. The number of nitrogens with one attached hydrogen (secondary N) is 1. The van der Waals surface area contributed by atoms with Crippen LogP contribution in [-0.4, -0.2) is 50.5 Å². The molecule has 1 aromatic carbocycles. The number of piperidine rings is 1. The molecule has 24 heavy (non-hydrogen) atoms. The van der Waals surface area contributed by atoms with Crippen LogP contribution in [0.1, 0.15) is 29.6 Å². The second-order valence-electron chi connectivity index (χ2n) is 6.20. The average molecular weight is 352 g/mol. The van der Waals surface area contributed by atoms with Gasteiger partial charge in [-0.1, -0.05) is 6.08 Å². The number of carbonyl (C=O) groups is 1. The van der Waals surface area contributed by atoms with Crippen LogP contribution in [0.5, 0.6) is 0 Å². The summed E-state index contributed by atoms with van der Waals surface area (Å²) in [5.74, 6) is -0.262. The van der Waals surface area contributed by atoms with Crippen LogP contribution < -0.4 is 5.32 Å². The third-order valence-corrected chi connectivity index (χ3v) is 6.38. The van der Waals surface area contributed by atoms with Crippen molar-refractivity contribution in [3.05, 3.63) is 42.5 Å².